The molecule has 0 radical (unpaired) electrons. The molecule has 2 aliphatic rings. The van der Waals surface area contributed by atoms with Gasteiger partial charge >= 0.3 is 0 Å². The maximum atomic E-state index is 11.8. The fraction of sp³-hybridized carbons (Fsp3) is 0.208. The molecule has 1 aromatic carbocycles. The molecule has 1 amide bonds. The second-order valence-electron chi connectivity index (χ2n) is 7.56. The number of likely N-dealkylation sites (tertiary alicyclic amines) is 1. The van der Waals surface area contributed by atoms with Crippen molar-refractivity contribution < 1.29 is 4.79 Å². The number of fused-ring (bicyclic) bond motifs is 2. The number of anilines is 1. The molecular weight excluding hydrogens is 374 g/mol. The van der Waals surface area contributed by atoms with Crippen molar-refractivity contribution in [1.29, 1.82) is 0 Å². The minimum atomic E-state index is -0.0339. The van der Waals surface area contributed by atoms with E-state index >= 15 is 0 Å². The van der Waals surface area contributed by atoms with E-state index in [4.69, 9.17) is 0 Å². The summed E-state index contributed by atoms with van der Waals surface area (Å²) in [5.41, 5.74) is 5.11. The molecule has 1 atom stereocenters. The molecule has 0 saturated carbocycles. The van der Waals surface area contributed by atoms with Crippen LogP contribution in [0.2, 0.25) is 0 Å². The summed E-state index contributed by atoms with van der Waals surface area (Å²) in [6.07, 6.45) is 9.08. The molecule has 1 aliphatic heterocycles. The van der Waals surface area contributed by atoms with Gasteiger partial charge in [0.2, 0.25) is 5.91 Å². The van der Waals surface area contributed by atoms with E-state index < -0.39 is 0 Å². The summed E-state index contributed by atoms with van der Waals surface area (Å²) >= 11 is 0. The third-order valence-electron chi connectivity index (χ3n) is 5.56. The van der Waals surface area contributed by atoms with Crippen LogP contribution in [0, 0.1) is 11.8 Å². The summed E-state index contributed by atoms with van der Waals surface area (Å²) in [6, 6.07) is 8.44. The first-order chi connectivity index (χ1) is 14.7. The second-order valence-corrected chi connectivity index (χ2v) is 7.56. The molecule has 1 saturated heterocycles. The number of H-pyrrole nitrogens is 1. The summed E-state index contributed by atoms with van der Waals surface area (Å²) in [7, 11) is 0. The van der Waals surface area contributed by atoms with Crippen molar-refractivity contribution in [2.45, 2.75) is 18.9 Å². The number of carbonyl (C=O) groups excluding carboxylic acids is 1. The highest BCUT2D eigenvalue weighted by Gasteiger charge is 2.25. The molecule has 5 rings (SSSR count). The maximum Gasteiger partial charge on any atom is 0.246 e. The van der Waals surface area contributed by atoms with Crippen LogP contribution in [0.4, 0.5) is 5.82 Å². The number of nitrogens with zero attached hydrogens (tertiary/aromatic N) is 3. The number of aromatic amines is 1. The molecule has 6 nitrogen and oxygen atoms in total. The fourth-order valence-electron chi connectivity index (χ4n) is 3.99. The van der Waals surface area contributed by atoms with Gasteiger partial charge in [0.1, 0.15) is 17.8 Å². The van der Waals surface area contributed by atoms with Crippen molar-refractivity contribution in [3.63, 3.8) is 0 Å². The van der Waals surface area contributed by atoms with Gasteiger partial charge in [0, 0.05) is 24.7 Å². The Hall–Kier alpha value is -3.85. The average molecular weight is 395 g/mol. The zero-order chi connectivity index (χ0) is 20.5. The quantitative estimate of drug-likeness (QED) is 0.528. The monoisotopic (exact) mass is 395 g/mol. The Kier molecular flexibility index (Phi) is 4.56. The van der Waals surface area contributed by atoms with Crippen molar-refractivity contribution in [2.75, 3.05) is 18.4 Å². The number of hydrogen-bond donors (Lipinski definition) is 2. The Labute approximate surface area is 174 Å². The minimum absolute atomic E-state index is 0.0339. The summed E-state index contributed by atoms with van der Waals surface area (Å²) in [6.45, 7) is 4.92. The molecule has 2 aromatic heterocycles. The first kappa shape index (κ1) is 18.2. The Morgan fingerprint density at radius 3 is 3.13 bits per heavy atom. The molecule has 1 aliphatic carbocycles. The van der Waals surface area contributed by atoms with Crippen molar-refractivity contribution in [3.05, 3.63) is 71.7 Å². The lowest BCUT2D eigenvalue weighted by Gasteiger charge is -2.15. The van der Waals surface area contributed by atoms with E-state index in [-0.39, 0.29) is 11.9 Å². The number of hydrogen-bond acceptors (Lipinski definition) is 4. The van der Waals surface area contributed by atoms with E-state index in [0.717, 1.165) is 47.5 Å². The third kappa shape index (κ3) is 3.46. The highest BCUT2D eigenvalue weighted by atomic mass is 16.2. The largest absolute Gasteiger partial charge is 0.365 e. The summed E-state index contributed by atoms with van der Waals surface area (Å²) < 4.78 is 0. The van der Waals surface area contributed by atoms with Crippen molar-refractivity contribution in [3.8, 4) is 11.8 Å². The number of allylic oxidation sites excluding steroid dienone is 1. The topological polar surface area (TPSA) is 73.9 Å². The molecule has 2 N–H and O–H groups in total. The fourth-order valence-corrected chi connectivity index (χ4v) is 3.99. The zero-order valence-corrected chi connectivity index (χ0v) is 16.5. The predicted molar refractivity (Wildman–Crippen MR) is 118 cm³/mol. The van der Waals surface area contributed by atoms with E-state index in [1.165, 1.54) is 23.5 Å². The second kappa shape index (κ2) is 7.53. The van der Waals surface area contributed by atoms with Crippen LogP contribution in [-0.4, -0.2) is 44.9 Å². The smallest absolute Gasteiger partial charge is 0.246 e. The van der Waals surface area contributed by atoms with Gasteiger partial charge in [0.25, 0.3) is 0 Å². The van der Waals surface area contributed by atoms with Gasteiger partial charge in [-0.15, -0.1) is 0 Å². The van der Waals surface area contributed by atoms with Crippen LogP contribution in [0.15, 0.2) is 49.3 Å². The summed E-state index contributed by atoms with van der Waals surface area (Å²) in [5.74, 6) is 7.16. The zero-order valence-electron chi connectivity index (χ0n) is 16.5. The molecule has 0 unspecified atom stereocenters. The Morgan fingerprint density at radius 2 is 2.23 bits per heavy atom. The van der Waals surface area contributed by atoms with Gasteiger partial charge < -0.3 is 15.2 Å². The standard InChI is InChI=1S/C24H21N5O/c1-2-22(30)29-11-10-20(14-29)28-24-21-13-19(27-23(21)25-15-26-24)9-7-16-6-8-17-4-3-5-18(17)12-16/h2-3,5-6,8,12-13,15,20H,1,4,10-11,14H2,(H2,25,26,27,28)/t20-/m1/s1. The van der Waals surface area contributed by atoms with Gasteiger partial charge in [-0.3, -0.25) is 4.79 Å². The predicted octanol–water partition coefficient (Wildman–Crippen LogP) is 3.13. The molecule has 0 bridgehead atoms. The first-order valence-corrected chi connectivity index (χ1v) is 10.0. The lowest BCUT2D eigenvalue weighted by Crippen LogP contribution is -2.30. The third-order valence-corrected chi connectivity index (χ3v) is 5.56. The highest BCUT2D eigenvalue weighted by Crippen LogP contribution is 2.23. The number of aromatic nitrogens is 3. The van der Waals surface area contributed by atoms with Crippen LogP contribution >= 0.6 is 0 Å². The molecule has 3 aromatic rings. The Bertz CT molecular complexity index is 1240. The van der Waals surface area contributed by atoms with Crippen molar-refractivity contribution >= 4 is 28.8 Å². The molecule has 3 heterocycles. The number of rotatable bonds is 3. The molecule has 148 valence electrons. The van der Waals surface area contributed by atoms with E-state index in [0.29, 0.717) is 6.54 Å². The van der Waals surface area contributed by atoms with Gasteiger partial charge in [0.05, 0.1) is 11.1 Å². The number of amides is 1. The highest BCUT2D eigenvalue weighted by molar-refractivity contribution is 5.89. The van der Waals surface area contributed by atoms with Gasteiger partial charge in [-0.05, 0) is 54.2 Å². The van der Waals surface area contributed by atoms with Crippen molar-refractivity contribution in [2.24, 2.45) is 0 Å². The molecular formula is C24H21N5O. The normalized spacial score (nSPS) is 16.9. The Morgan fingerprint density at radius 1 is 1.30 bits per heavy atom. The first-order valence-electron chi connectivity index (χ1n) is 10.0. The van der Waals surface area contributed by atoms with Gasteiger partial charge in [-0.2, -0.15) is 0 Å². The summed E-state index contributed by atoms with van der Waals surface area (Å²) in [5, 5.41) is 4.35. The van der Waals surface area contributed by atoms with Crippen LogP contribution < -0.4 is 5.32 Å². The minimum Gasteiger partial charge on any atom is -0.365 e. The number of carbonyl (C=O) groups is 1. The van der Waals surface area contributed by atoms with E-state index in [9.17, 15) is 4.79 Å². The van der Waals surface area contributed by atoms with E-state index in [2.05, 4.69) is 69.0 Å². The van der Waals surface area contributed by atoms with Crippen molar-refractivity contribution in [1.82, 2.24) is 19.9 Å². The van der Waals surface area contributed by atoms with Crippen LogP contribution in [0.3, 0.4) is 0 Å². The summed E-state index contributed by atoms with van der Waals surface area (Å²) in [4.78, 5) is 25.6. The van der Waals surface area contributed by atoms with Gasteiger partial charge in [-0.25, -0.2) is 9.97 Å². The van der Waals surface area contributed by atoms with E-state index in [1.807, 2.05) is 6.07 Å². The lowest BCUT2D eigenvalue weighted by atomic mass is 10.1. The molecule has 1 fully saturated rings. The SMILES string of the molecule is C=CC(=O)N1CC[C@@H](Nc2ncnc3[nH]c(C#Cc4ccc5c(c4)C=CC5)cc23)C1. The molecule has 30 heavy (non-hydrogen) atoms. The van der Waals surface area contributed by atoms with Crippen LogP contribution in [0.1, 0.15) is 28.8 Å². The van der Waals surface area contributed by atoms with Crippen LogP contribution in [-0.2, 0) is 11.2 Å². The van der Waals surface area contributed by atoms with E-state index in [1.54, 1.807) is 4.90 Å². The maximum absolute atomic E-state index is 11.8. The molecule has 0 spiro atoms. The van der Waals surface area contributed by atoms with Gasteiger partial charge in [0.15, 0.2) is 0 Å². The molecule has 6 heteroatoms. The van der Waals surface area contributed by atoms with Gasteiger partial charge in [-0.1, -0.05) is 30.7 Å². The number of nitrogens with one attached hydrogen (secondary N) is 2. The Balaban J connectivity index is 1.36. The average Bonchev–Trinajstić information content (AvgIpc) is 3.50. The van der Waals surface area contributed by atoms with Crippen LogP contribution in [0.5, 0.6) is 0 Å². The van der Waals surface area contributed by atoms with Crippen LogP contribution in [0.25, 0.3) is 17.1 Å². The lowest BCUT2D eigenvalue weighted by molar-refractivity contribution is -0.125. The number of benzene rings is 1.